The Morgan fingerprint density at radius 2 is 1.91 bits per heavy atom. The van der Waals surface area contributed by atoms with Crippen LogP contribution in [-0.2, 0) is 6.54 Å². The molecule has 1 aromatic heterocycles. The summed E-state index contributed by atoms with van der Waals surface area (Å²) in [6, 6.07) is 7.68. The summed E-state index contributed by atoms with van der Waals surface area (Å²) in [5.74, 6) is 0.0512. The van der Waals surface area contributed by atoms with Crippen LogP contribution in [0.5, 0.6) is 0 Å². The Balaban J connectivity index is 2.68. The Morgan fingerprint density at radius 3 is 2.45 bits per heavy atom. The van der Waals surface area contributed by atoms with Gasteiger partial charge in [-0.3, -0.25) is 9.59 Å². The second-order valence-corrected chi connectivity index (χ2v) is 6.20. The first-order valence-electron chi connectivity index (χ1n) is 7.50. The molecule has 116 valence electrons. The van der Waals surface area contributed by atoms with Gasteiger partial charge in [-0.25, -0.2) is 4.68 Å². The van der Waals surface area contributed by atoms with Crippen molar-refractivity contribution in [2.24, 2.45) is 5.92 Å². The Kier molecular flexibility index (Phi) is 4.59. The number of carbonyl (C=O) groups excluding carboxylic acids is 1. The van der Waals surface area contributed by atoms with Gasteiger partial charge in [0.1, 0.15) is 0 Å². The number of rotatable bonds is 4. The molecule has 0 spiro atoms. The maximum absolute atomic E-state index is 12.3. The van der Waals surface area contributed by atoms with Crippen LogP contribution in [0, 0.1) is 19.8 Å². The second kappa shape index (κ2) is 6.26. The van der Waals surface area contributed by atoms with Crippen molar-refractivity contribution in [1.82, 2.24) is 9.78 Å². The van der Waals surface area contributed by atoms with Crippen LogP contribution < -0.4 is 5.56 Å². The first kappa shape index (κ1) is 16.1. The van der Waals surface area contributed by atoms with Gasteiger partial charge in [-0.1, -0.05) is 37.6 Å². The van der Waals surface area contributed by atoms with Gasteiger partial charge in [0.25, 0.3) is 5.56 Å². The zero-order valence-corrected chi connectivity index (χ0v) is 13.8. The van der Waals surface area contributed by atoms with E-state index < -0.39 is 0 Å². The van der Waals surface area contributed by atoms with Gasteiger partial charge in [0, 0.05) is 12.1 Å². The number of aromatic nitrogens is 2. The molecule has 0 aliphatic rings. The number of carbonyl (C=O) groups is 1. The van der Waals surface area contributed by atoms with Crippen LogP contribution >= 0.6 is 0 Å². The second-order valence-electron chi connectivity index (χ2n) is 6.20. The van der Waals surface area contributed by atoms with E-state index in [0.29, 0.717) is 12.2 Å². The van der Waals surface area contributed by atoms with Crippen LogP contribution in [-0.4, -0.2) is 15.6 Å². The van der Waals surface area contributed by atoms with Gasteiger partial charge < -0.3 is 0 Å². The average molecular weight is 298 g/mol. The molecule has 0 saturated heterocycles. The maximum Gasteiger partial charge on any atom is 0.277 e. The Labute approximate surface area is 130 Å². The summed E-state index contributed by atoms with van der Waals surface area (Å²) in [6.45, 7) is 10.00. The van der Waals surface area contributed by atoms with E-state index in [9.17, 15) is 9.59 Å². The standard InChI is InChI=1S/C18H22N2O2/c1-11(2)10-20-18(22)16(14(5)21)9-17(19-20)15-7-6-12(3)8-13(15)4/h6-9,11H,10H2,1-5H3. The predicted octanol–water partition coefficient (Wildman–Crippen LogP) is 3.39. The molecule has 1 aromatic carbocycles. The number of hydrogen-bond acceptors (Lipinski definition) is 3. The van der Waals surface area contributed by atoms with Crippen molar-refractivity contribution in [3.8, 4) is 11.3 Å². The quantitative estimate of drug-likeness (QED) is 0.813. The summed E-state index contributed by atoms with van der Waals surface area (Å²) in [5.41, 5.74) is 3.76. The molecule has 1 heterocycles. The molecule has 22 heavy (non-hydrogen) atoms. The highest BCUT2D eigenvalue weighted by Gasteiger charge is 2.15. The molecule has 0 amide bonds. The Hall–Kier alpha value is -2.23. The third-order valence-electron chi connectivity index (χ3n) is 3.55. The van der Waals surface area contributed by atoms with Gasteiger partial charge in [-0.05, 0) is 38.3 Å². The fourth-order valence-corrected chi connectivity index (χ4v) is 2.50. The van der Waals surface area contributed by atoms with Crippen molar-refractivity contribution in [3.05, 3.63) is 51.3 Å². The highest BCUT2D eigenvalue weighted by molar-refractivity contribution is 5.94. The molecule has 0 aliphatic carbocycles. The van der Waals surface area contributed by atoms with Crippen LogP contribution in [0.2, 0.25) is 0 Å². The number of Topliss-reactive ketones (excluding diaryl/α,β-unsaturated/α-hetero) is 1. The highest BCUT2D eigenvalue weighted by Crippen LogP contribution is 2.22. The molecule has 4 nitrogen and oxygen atoms in total. The highest BCUT2D eigenvalue weighted by atomic mass is 16.1. The van der Waals surface area contributed by atoms with Gasteiger partial charge >= 0.3 is 0 Å². The van der Waals surface area contributed by atoms with Crippen molar-refractivity contribution in [2.75, 3.05) is 0 Å². The van der Waals surface area contributed by atoms with E-state index in [1.807, 2.05) is 39.8 Å². The van der Waals surface area contributed by atoms with E-state index in [2.05, 4.69) is 11.2 Å². The van der Waals surface area contributed by atoms with E-state index in [0.717, 1.165) is 11.1 Å². The van der Waals surface area contributed by atoms with Crippen LogP contribution in [0.25, 0.3) is 11.3 Å². The van der Waals surface area contributed by atoms with E-state index >= 15 is 0 Å². The van der Waals surface area contributed by atoms with Crippen molar-refractivity contribution >= 4 is 5.78 Å². The van der Waals surface area contributed by atoms with Gasteiger partial charge in [0.2, 0.25) is 0 Å². The molecular formula is C18H22N2O2. The van der Waals surface area contributed by atoms with Crippen molar-refractivity contribution in [1.29, 1.82) is 0 Å². The number of nitrogens with zero attached hydrogens (tertiary/aromatic N) is 2. The zero-order valence-electron chi connectivity index (χ0n) is 13.8. The van der Waals surface area contributed by atoms with Crippen LogP contribution in [0.4, 0.5) is 0 Å². The minimum atomic E-state index is -0.310. The van der Waals surface area contributed by atoms with E-state index in [4.69, 9.17) is 0 Å². The van der Waals surface area contributed by atoms with Crippen molar-refractivity contribution in [3.63, 3.8) is 0 Å². The number of ketones is 1. The maximum atomic E-state index is 12.3. The zero-order chi connectivity index (χ0) is 16.4. The molecule has 0 bridgehead atoms. The largest absolute Gasteiger partial charge is 0.294 e. The average Bonchev–Trinajstić information content (AvgIpc) is 2.40. The summed E-state index contributed by atoms with van der Waals surface area (Å²) < 4.78 is 1.41. The van der Waals surface area contributed by atoms with Crippen LogP contribution in [0.15, 0.2) is 29.1 Å². The molecule has 0 atom stereocenters. The molecule has 4 heteroatoms. The topological polar surface area (TPSA) is 52.0 Å². The van der Waals surface area contributed by atoms with Gasteiger partial charge in [0.05, 0.1) is 11.3 Å². The molecule has 2 aromatic rings. The fourth-order valence-electron chi connectivity index (χ4n) is 2.50. The summed E-state index contributed by atoms with van der Waals surface area (Å²) in [7, 11) is 0. The molecular weight excluding hydrogens is 276 g/mol. The third kappa shape index (κ3) is 3.32. The smallest absolute Gasteiger partial charge is 0.277 e. The lowest BCUT2D eigenvalue weighted by Gasteiger charge is -2.13. The SMILES string of the molecule is CC(=O)c1cc(-c2ccc(C)cc2C)nn(CC(C)C)c1=O. The van der Waals surface area contributed by atoms with E-state index in [1.165, 1.54) is 17.2 Å². The molecule has 0 saturated carbocycles. The van der Waals surface area contributed by atoms with Crippen molar-refractivity contribution < 1.29 is 4.79 Å². The van der Waals surface area contributed by atoms with Gasteiger partial charge in [0.15, 0.2) is 5.78 Å². The number of hydrogen-bond donors (Lipinski definition) is 0. The summed E-state index contributed by atoms with van der Waals surface area (Å²) in [5, 5.41) is 4.47. The molecule has 0 radical (unpaired) electrons. The summed E-state index contributed by atoms with van der Waals surface area (Å²) >= 11 is 0. The molecule has 0 fully saturated rings. The Bertz CT molecular complexity index is 773. The van der Waals surface area contributed by atoms with E-state index in [-0.39, 0.29) is 22.8 Å². The molecule has 0 aliphatic heterocycles. The van der Waals surface area contributed by atoms with Crippen LogP contribution in [0.1, 0.15) is 42.3 Å². The lowest BCUT2D eigenvalue weighted by molar-refractivity contribution is 0.101. The van der Waals surface area contributed by atoms with Crippen molar-refractivity contribution in [2.45, 2.75) is 41.2 Å². The van der Waals surface area contributed by atoms with Gasteiger partial charge in [-0.2, -0.15) is 5.10 Å². The first-order valence-corrected chi connectivity index (χ1v) is 7.50. The lowest BCUT2D eigenvalue weighted by atomic mass is 10.0. The van der Waals surface area contributed by atoms with Crippen LogP contribution in [0.3, 0.4) is 0 Å². The first-order chi connectivity index (χ1) is 10.3. The fraction of sp³-hybridized carbons (Fsp3) is 0.389. The van der Waals surface area contributed by atoms with E-state index in [1.54, 1.807) is 6.07 Å². The Morgan fingerprint density at radius 1 is 1.23 bits per heavy atom. The number of aryl methyl sites for hydroxylation is 2. The molecule has 0 unspecified atom stereocenters. The minimum Gasteiger partial charge on any atom is -0.294 e. The number of benzene rings is 1. The molecule has 2 rings (SSSR count). The van der Waals surface area contributed by atoms with Gasteiger partial charge in [-0.15, -0.1) is 0 Å². The minimum absolute atomic E-state index is 0.200. The third-order valence-corrected chi connectivity index (χ3v) is 3.55. The summed E-state index contributed by atoms with van der Waals surface area (Å²) in [6.07, 6.45) is 0. The molecule has 0 N–H and O–H groups in total. The lowest BCUT2D eigenvalue weighted by Crippen LogP contribution is -2.30. The monoisotopic (exact) mass is 298 g/mol. The normalized spacial score (nSPS) is 11.0. The predicted molar refractivity (Wildman–Crippen MR) is 88.2 cm³/mol. The summed E-state index contributed by atoms with van der Waals surface area (Å²) in [4.78, 5) is 24.1.